The molecular weight excluding hydrogens is 244 g/mol. The van der Waals surface area contributed by atoms with E-state index in [1.54, 1.807) is 7.05 Å². The molecule has 2 atom stereocenters. The minimum atomic E-state index is -0.644. The van der Waals surface area contributed by atoms with Crippen LogP contribution in [-0.2, 0) is 9.59 Å². The second kappa shape index (κ2) is 3.95. The van der Waals surface area contributed by atoms with Crippen LogP contribution >= 0.6 is 12.2 Å². The molecule has 0 radical (unpaired) electrons. The number of ketones is 1. The second-order valence-corrected chi connectivity index (χ2v) is 4.46. The molecule has 2 aliphatic heterocycles. The second-order valence-electron chi connectivity index (χ2n) is 4.07. The Balaban J connectivity index is 2.28. The predicted molar refractivity (Wildman–Crippen MR) is 62.0 cm³/mol. The lowest BCUT2D eigenvalue weighted by molar-refractivity contribution is -0.127. The van der Waals surface area contributed by atoms with Crippen LogP contribution in [0, 0.1) is 0 Å². The van der Waals surface area contributed by atoms with Crippen LogP contribution in [0.2, 0.25) is 0 Å². The number of likely N-dealkylation sites (N-methyl/N-ethyl adjacent to an activating group) is 1. The number of urea groups is 1. The van der Waals surface area contributed by atoms with Gasteiger partial charge in [0, 0.05) is 7.05 Å². The number of nitrogens with one attached hydrogen (secondary N) is 2. The number of carbonyl (C=O) groups excluding carboxylic acids is 3. The molecule has 2 aliphatic rings. The summed E-state index contributed by atoms with van der Waals surface area (Å²) in [6.45, 7) is 1.48. The summed E-state index contributed by atoms with van der Waals surface area (Å²) >= 11 is 5.06. The summed E-state index contributed by atoms with van der Waals surface area (Å²) in [6, 6.07) is -1.12. The molecule has 7 nitrogen and oxygen atoms in total. The molecule has 2 N–H and O–H groups in total. The summed E-state index contributed by atoms with van der Waals surface area (Å²) in [4.78, 5) is 37.2. The third-order valence-electron chi connectivity index (χ3n) is 2.80. The molecular formula is C9H12N4O3S. The van der Waals surface area contributed by atoms with Crippen molar-refractivity contribution >= 4 is 35.1 Å². The molecule has 2 saturated heterocycles. The first kappa shape index (κ1) is 11.8. The quantitative estimate of drug-likeness (QED) is 0.594. The third kappa shape index (κ3) is 1.84. The highest BCUT2D eigenvalue weighted by Crippen LogP contribution is 2.19. The van der Waals surface area contributed by atoms with Crippen molar-refractivity contribution in [3.8, 4) is 0 Å². The van der Waals surface area contributed by atoms with Gasteiger partial charge in [0.2, 0.25) is 0 Å². The third-order valence-corrected chi connectivity index (χ3v) is 3.15. The maximum atomic E-state index is 11.8. The van der Waals surface area contributed by atoms with E-state index < -0.39 is 24.1 Å². The van der Waals surface area contributed by atoms with E-state index in [4.69, 9.17) is 12.2 Å². The first-order valence-corrected chi connectivity index (χ1v) is 5.47. The average molecular weight is 256 g/mol. The van der Waals surface area contributed by atoms with Gasteiger partial charge in [0.25, 0.3) is 5.91 Å². The van der Waals surface area contributed by atoms with Gasteiger partial charge in [-0.05, 0) is 19.1 Å². The van der Waals surface area contributed by atoms with E-state index >= 15 is 0 Å². The maximum absolute atomic E-state index is 11.8. The Morgan fingerprint density at radius 1 is 1.47 bits per heavy atom. The molecule has 8 heteroatoms. The Morgan fingerprint density at radius 3 is 2.71 bits per heavy atom. The van der Waals surface area contributed by atoms with E-state index in [1.807, 2.05) is 0 Å². The zero-order valence-electron chi connectivity index (χ0n) is 9.39. The fourth-order valence-electron chi connectivity index (χ4n) is 1.98. The number of amides is 3. The average Bonchev–Trinajstić information content (AvgIpc) is 2.53. The number of carbonyl (C=O) groups is 3. The summed E-state index contributed by atoms with van der Waals surface area (Å²) < 4.78 is 0. The van der Waals surface area contributed by atoms with Crippen LogP contribution in [0.1, 0.15) is 6.92 Å². The largest absolute Gasteiger partial charge is 0.340 e. The summed E-state index contributed by atoms with van der Waals surface area (Å²) in [5.74, 6) is -0.533. The fourth-order valence-corrected chi connectivity index (χ4v) is 2.28. The highest BCUT2D eigenvalue weighted by atomic mass is 32.1. The molecule has 0 aromatic carbocycles. The van der Waals surface area contributed by atoms with Crippen molar-refractivity contribution in [2.24, 2.45) is 0 Å². The summed E-state index contributed by atoms with van der Waals surface area (Å²) in [7, 11) is 1.56. The van der Waals surface area contributed by atoms with Crippen molar-refractivity contribution in [2.75, 3.05) is 13.6 Å². The van der Waals surface area contributed by atoms with E-state index in [0.717, 1.165) is 0 Å². The number of nitrogens with zero attached hydrogens (tertiary/aromatic N) is 2. The van der Waals surface area contributed by atoms with Gasteiger partial charge in [-0.3, -0.25) is 14.9 Å². The van der Waals surface area contributed by atoms with Gasteiger partial charge in [0.1, 0.15) is 18.0 Å². The number of imide groups is 1. The number of rotatable bonds is 2. The standard InChI is InChI=1S/C9H12N4O3S/c1-4(14)3-13-5-6(10-9(13)17)12(2)8(16)11-7(5)15/h5-6H,3H2,1-2H3,(H,10,17)(H,11,15,16). The molecule has 0 saturated carbocycles. The zero-order chi connectivity index (χ0) is 12.7. The summed E-state index contributed by atoms with van der Waals surface area (Å²) in [5, 5.41) is 5.40. The van der Waals surface area contributed by atoms with Crippen LogP contribution in [0.25, 0.3) is 0 Å². The molecule has 0 aromatic heterocycles. The minimum absolute atomic E-state index is 0.0580. The lowest BCUT2D eigenvalue weighted by Gasteiger charge is -2.35. The van der Waals surface area contributed by atoms with E-state index in [-0.39, 0.29) is 12.3 Å². The van der Waals surface area contributed by atoms with Gasteiger partial charge in [-0.15, -0.1) is 0 Å². The highest BCUT2D eigenvalue weighted by Gasteiger charge is 2.49. The van der Waals surface area contributed by atoms with E-state index in [0.29, 0.717) is 5.11 Å². The smallest absolute Gasteiger partial charge is 0.325 e. The molecule has 0 bridgehead atoms. The van der Waals surface area contributed by atoms with Gasteiger partial charge >= 0.3 is 6.03 Å². The van der Waals surface area contributed by atoms with Crippen LogP contribution in [0.15, 0.2) is 0 Å². The van der Waals surface area contributed by atoms with Crippen molar-refractivity contribution in [2.45, 2.75) is 19.1 Å². The monoisotopic (exact) mass is 256 g/mol. The Kier molecular flexibility index (Phi) is 2.74. The van der Waals surface area contributed by atoms with Crippen LogP contribution in [-0.4, -0.2) is 58.4 Å². The van der Waals surface area contributed by atoms with Crippen LogP contribution < -0.4 is 10.6 Å². The number of hydrogen-bond acceptors (Lipinski definition) is 4. The number of thiocarbonyl (C=S) groups is 1. The van der Waals surface area contributed by atoms with E-state index in [2.05, 4.69) is 10.6 Å². The van der Waals surface area contributed by atoms with Gasteiger partial charge < -0.3 is 15.1 Å². The van der Waals surface area contributed by atoms with Gasteiger partial charge in [-0.25, -0.2) is 4.79 Å². The molecule has 0 spiro atoms. The topological polar surface area (TPSA) is 81.8 Å². The van der Waals surface area contributed by atoms with Crippen LogP contribution in [0.5, 0.6) is 0 Å². The fraction of sp³-hybridized carbons (Fsp3) is 0.556. The molecule has 92 valence electrons. The molecule has 0 aromatic rings. The SMILES string of the molecule is CC(=O)CN1C(=S)NC2C1C(=O)NC(=O)N2C. The van der Waals surface area contributed by atoms with Crippen molar-refractivity contribution in [3.63, 3.8) is 0 Å². The van der Waals surface area contributed by atoms with E-state index in [1.165, 1.54) is 16.7 Å². The van der Waals surface area contributed by atoms with Gasteiger partial charge in [-0.1, -0.05) is 0 Å². The Bertz CT molecular complexity index is 424. The van der Waals surface area contributed by atoms with Crippen molar-refractivity contribution < 1.29 is 14.4 Å². The predicted octanol–water partition coefficient (Wildman–Crippen LogP) is -1.36. The van der Waals surface area contributed by atoms with Crippen LogP contribution in [0.3, 0.4) is 0 Å². The molecule has 2 unspecified atom stereocenters. The number of Topliss-reactive ketones (excluding diaryl/α,β-unsaturated/α-hetero) is 1. The van der Waals surface area contributed by atoms with Crippen molar-refractivity contribution in [1.29, 1.82) is 0 Å². The maximum Gasteiger partial charge on any atom is 0.325 e. The first-order chi connectivity index (χ1) is 7.91. The normalized spacial score (nSPS) is 27.8. The van der Waals surface area contributed by atoms with E-state index in [9.17, 15) is 14.4 Å². The Hall–Kier alpha value is -1.70. The zero-order valence-corrected chi connectivity index (χ0v) is 10.2. The van der Waals surface area contributed by atoms with Gasteiger partial charge in [0.15, 0.2) is 5.11 Å². The lowest BCUT2D eigenvalue weighted by atomic mass is 10.1. The molecule has 3 amide bonds. The lowest BCUT2D eigenvalue weighted by Crippen LogP contribution is -2.65. The van der Waals surface area contributed by atoms with Crippen LogP contribution in [0.4, 0.5) is 4.79 Å². The number of hydrogen-bond donors (Lipinski definition) is 2. The minimum Gasteiger partial charge on any atom is -0.340 e. The highest BCUT2D eigenvalue weighted by molar-refractivity contribution is 7.80. The Morgan fingerprint density at radius 2 is 2.12 bits per heavy atom. The number of fused-ring (bicyclic) bond motifs is 1. The molecule has 2 heterocycles. The summed E-state index contributed by atoms with van der Waals surface area (Å²) in [5.41, 5.74) is 0. The first-order valence-electron chi connectivity index (χ1n) is 5.06. The molecule has 2 fully saturated rings. The van der Waals surface area contributed by atoms with Crippen molar-refractivity contribution in [3.05, 3.63) is 0 Å². The van der Waals surface area contributed by atoms with Gasteiger partial charge in [0.05, 0.1) is 6.54 Å². The Labute approximate surface area is 103 Å². The molecule has 2 rings (SSSR count). The molecule has 0 aliphatic carbocycles. The van der Waals surface area contributed by atoms with Gasteiger partial charge in [-0.2, -0.15) is 0 Å². The summed E-state index contributed by atoms with van der Waals surface area (Å²) in [6.07, 6.45) is -0.511. The van der Waals surface area contributed by atoms with Crippen molar-refractivity contribution in [1.82, 2.24) is 20.4 Å². The molecule has 17 heavy (non-hydrogen) atoms.